The van der Waals surface area contributed by atoms with Gasteiger partial charge in [-0.15, -0.1) is 0 Å². The van der Waals surface area contributed by atoms with E-state index in [0.29, 0.717) is 11.1 Å². The monoisotopic (exact) mass is 416 g/mol. The van der Waals surface area contributed by atoms with Crippen LogP contribution >= 0.6 is 50.7 Å². The molecular weight excluding hydrogens is 411 g/mol. The van der Waals surface area contributed by atoms with Gasteiger partial charge in [-0.2, -0.15) is 13.2 Å². The first kappa shape index (κ1) is 16.9. The topological polar surface area (TPSA) is 0 Å². The van der Waals surface area contributed by atoms with Crippen LogP contribution in [0.15, 0.2) is 30.3 Å². The summed E-state index contributed by atoms with van der Waals surface area (Å²) in [6, 6.07) is 6.88. The summed E-state index contributed by atoms with van der Waals surface area (Å²) in [4.78, 5) is 0. The fraction of sp³-hybridized carbons (Fsp3) is 0.143. The van der Waals surface area contributed by atoms with Crippen molar-refractivity contribution in [2.75, 3.05) is 0 Å². The van der Waals surface area contributed by atoms with Crippen molar-refractivity contribution in [3.8, 4) is 11.1 Å². The summed E-state index contributed by atoms with van der Waals surface area (Å²) in [5.74, 6) is 0. The van der Waals surface area contributed by atoms with E-state index in [1.807, 2.05) is 0 Å². The van der Waals surface area contributed by atoms with Gasteiger partial charge in [0.25, 0.3) is 0 Å². The molecule has 0 aromatic heterocycles. The van der Waals surface area contributed by atoms with Crippen molar-refractivity contribution >= 4 is 50.7 Å². The van der Waals surface area contributed by atoms with E-state index in [1.54, 1.807) is 0 Å². The second-order valence-electron chi connectivity index (χ2n) is 4.18. The van der Waals surface area contributed by atoms with E-state index in [4.69, 9.17) is 34.8 Å². The zero-order chi connectivity index (χ0) is 15.8. The number of benzene rings is 2. The summed E-state index contributed by atoms with van der Waals surface area (Å²) in [6.07, 6.45) is -4.46. The highest BCUT2D eigenvalue weighted by Crippen LogP contribution is 2.44. The Morgan fingerprint density at radius 3 is 2.14 bits per heavy atom. The van der Waals surface area contributed by atoms with E-state index in [0.717, 1.165) is 6.07 Å². The predicted molar refractivity (Wildman–Crippen MR) is 84.5 cm³/mol. The minimum Gasteiger partial charge on any atom is -0.166 e. The molecule has 0 saturated carbocycles. The average Bonchev–Trinajstić information content (AvgIpc) is 2.42. The Morgan fingerprint density at radius 1 is 0.952 bits per heavy atom. The molecule has 0 aliphatic carbocycles. The lowest BCUT2D eigenvalue weighted by atomic mass is 9.96. The molecule has 21 heavy (non-hydrogen) atoms. The van der Waals surface area contributed by atoms with Gasteiger partial charge >= 0.3 is 6.18 Å². The number of rotatable bonds is 2. The Kier molecular flexibility index (Phi) is 5.14. The Balaban J connectivity index is 2.80. The molecule has 0 spiro atoms. The van der Waals surface area contributed by atoms with E-state index in [2.05, 4.69) is 15.9 Å². The molecule has 2 aromatic rings. The number of hydrogen-bond acceptors (Lipinski definition) is 0. The van der Waals surface area contributed by atoms with Crippen LogP contribution in [0, 0.1) is 0 Å². The fourth-order valence-electron chi connectivity index (χ4n) is 2.00. The van der Waals surface area contributed by atoms with Crippen LogP contribution in [-0.4, -0.2) is 0 Å². The first-order valence-electron chi connectivity index (χ1n) is 5.66. The molecule has 0 fully saturated rings. The molecule has 2 rings (SSSR count). The standard InChI is InChI=1S/C14H7BrCl3F3/c15-6-8-7(2-1-3-9(8)14(19,20)21)12-10(16)4-5-11(17)13(12)18/h1-5H,6H2. The van der Waals surface area contributed by atoms with Crippen LogP contribution in [0.4, 0.5) is 13.2 Å². The maximum absolute atomic E-state index is 13.1. The van der Waals surface area contributed by atoms with Gasteiger partial charge in [0.1, 0.15) is 0 Å². The summed E-state index contributed by atoms with van der Waals surface area (Å²) in [6.45, 7) is 0. The summed E-state index contributed by atoms with van der Waals surface area (Å²) in [7, 11) is 0. The minimum atomic E-state index is -4.46. The Hall–Kier alpha value is -0.420. The highest BCUT2D eigenvalue weighted by Gasteiger charge is 2.34. The molecule has 0 radical (unpaired) electrons. The third-order valence-electron chi connectivity index (χ3n) is 2.93. The van der Waals surface area contributed by atoms with Crippen LogP contribution in [0.1, 0.15) is 11.1 Å². The van der Waals surface area contributed by atoms with Crippen LogP contribution in [-0.2, 0) is 11.5 Å². The van der Waals surface area contributed by atoms with Gasteiger partial charge in [0.05, 0.1) is 20.6 Å². The molecule has 0 saturated heterocycles. The third kappa shape index (κ3) is 3.34. The molecule has 0 unspecified atom stereocenters. The number of halogens is 7. The lowest BCUT2D eigenvalue weighted by Crippen LogP contribution is -2.09. The lowest BCUT2D eigenvalue weighted by molar-refractivity contribution is -0.138. The van der Waals surface area contributed by atoms with Crippen molar-refractivity contribution in [3.05, 3.63) is 56.5 Å². The second kappa shape index (κ2) is 6.37. The van der Waals surface area contributed by atoms with Crippen LogP contribution in [0.3, 0.4) is 0 Å². The van der Waals surface area contributed by atoms with Gasteiger partial charge in [-0.3, -0.25) is 0 Å². The first-order valence-corrected chi connectivity index (χ1v) is 7.91. The van der Waals surface area contributed by atoms with Gasteiger partial charge in [-0.1, -0.05) is 62.9 Å². The van der Waals surface area contributed by atoms with Crippen molar-refractivity contribution in [1.29, 1.82) is 0 Å². The number of hydrogen-bond donors (Lipinski definition) is 0. The molecular formula is C14H7BrCl3F3. The van der Waals surface area contributed by atoms with Gasteiger partial charge in [-0.25, -0.2) is 0 Å². The molecule has 0 aliphatic rings. The molecule has 7 heteroatoms. The molecule has 0 nitrogen and oxygen atoms in total. The molecule has 0 bridgehead atoms. The summed E-state index contributed by atoms with van der Waals surface area (Å²) in [5, 5.41) is 0.614. The quantitative estimate of drug-likeness (QED) is 0.357. The smallest absolute Gasteiger partial charge is 0.166 e. The minimum absolute atomic E-state index is 0.0111. The van der Waals surface area contributed by atoms with Crippen LogP contribution in [0.2, 0.25) is 15.1 Å². The third-order valence-corrected chi connectivity index (χ3v) is 4.61. The molecule has 0 atom stereocenters. The molecule has 0 amide bonds. The average molecular weight is 418 g/mol. The van der Waals surface area contributed by atoms with Gasteiger partial charge in [0.15, 0.2) is 0 Å². The maximum atomic E-state index is 13.1. The van der Waals surface area contributed by atoms with Crippen molar-refractivity contribution in [1.82, 2.24) is 0 Å². The van der Waals surface area contributed by atoms with Crippen LogP contribution < -0.4 is 0 Å². The van der Waals surface area contributed by atoms with E-state index < -0.39 is 11.7 Å². The van der Waals surface area contributed by atoms with E-state index >= 15 is 0 Å². The number of alkyl halides is 4. The maximum Gasteiger partial charge on any atom is 0.416 e. The summed E-state index contributed by atoms with van der Waals surface area (Å²) >= 11 is 21.2. The van der Waals surface area contributed by atoms with Crippen LogP contribution in [0.5, 0.6) is 0 Å². The summed E-state index contributed by atoms with van der Waals surface area (Å²) < 4.78 is 39.3. The highest BCUT2D eigenvalue weighted by atomic mass is 79.9. The van der Waals surface area contributed by atoms with E-state index in [-0.39, 0.29) is 26.0 Å². The van der Waals surface area contributed by atoms with Crippen molar-refractivity contribution in [3.63, 3.8) is 0 Å². The molecule has 0 N–H and O–H groups in total. The molecule has 2 aromatic carbocycles. The van der Waals surface area contributed by atoms with E-state index in [9.17, 15) is 13.2 Å². The first-order chi connectivity index (χ1) is 9.77. The second-order valence-corrected chi connectivity index (χ2v) is 5.93. The highest BCUT2D eigenvalue weighted by molar-refractivity contribution is 9.08. The normalized spacial score (nSPS) is 11.8. The SMILES string of the molecule is FC(F)(F)c1cccc(-c2c(Cl)ccc(Cl)c2Cl)c1CBr. The van der Waals surface area contributed by atoms with Crippen molar-refractivity contribution in [2.45, 2.75) is 11.5 Å². The van der Waals surface area contributed by atoms with Gasteiger partial charge in [0.2, 0.25) is 0 Å². The van der Waals surface area contributed by atoms with Crippen molar-refractivity contribution < 1.29 is 13.2 Å². The molecule has 0 heterocycles. The van der Waals surface area contributed by atoms with Gasteiger partial charge < -0.3 is 0 Å². The Bertz CT molecular complexity index is 684. The molecule has 0 aliphatic heterocycles. The Labute approximate surface area is 142 Å². The Morgan fingerprint density at radius 2 is 1.57 bits per heavy atom. The fourth-order valence-corrected chi connectivity index (χ4v) is 3.34. The molecule has 112 valence electrons. The van der Waals surface area contributed by atoms with Crippen molar-refractivity contribution in [2.24, 2.45) is 0 Å². The van der Waals surface area contributed by atoms with Gasteiger partial charge in [-0.05, 0) is 29.3 Å². The van der Waals surface area contributed by atoms with Crippen LogP contribution in [0.25, 0.3) is 11.1 Å². The largest absolute Gasteiger partial charge is 0.416 e. The predicted octanol–water partition coefficient (Wildman–Crippen LogP) is 7.23. The van der Waals surface area contributed by atoms with Gasteiger partial charge in [0, 0.05) is 10.9 Å². The lowest BCUT2D eigenvalue weighted by Gasteiger charge is -2.17. The zero-order valence-electron chi connectivity index (χ0n) is 10.2. The summed E-state index contributed by atoms with van der Waals surface area (Å²) in [5.41, 5.74) is -0.0642. The zero-order valence-corrected chi connectivity index (χ0v) is 14.1. The van der Waals surface area contributed by atoms with E-state index in [1.165, 1.54) is 24.3 Å².